The summed E-state index contributed by atoms with van der Waals surface area (Å²) >= 11 is 0. The standard InChI is InChI=1S/C14H17N3O2S/c1-10-4-3-5-13(15)14(10)20(18,19)17-9-12-6-7-16-8-11(12)2/h3-8,17H,9,15H2,1-2H3. The molecule has 0 fully saturated rings. The lowest BCUT2D eigenvalue weighted by atomic mass is 10.2. The number of aromatic nitrogens is 1. The normalized spacial score (nSPS) is 11.5. The van der Waals surface area contributed by atoms with E-state index in [2.05, 4.69) is 9.71 Å². The lowest BCUT2D eigenvalue weighted by Crippen LogP contribution is -2.25. The van der Waals surface area contributed by atoms with E-state index >= 15 is 0 Å². The van der Waals surface area contributed by atoms with E-state index in [9.17, 15) is 8.42 Å². The average Bonchev–Trinajstić information content (AvgIpc) is 2.37. The maximum absolute atomic E-state index is 12.4. The highest BCUT2D eigenvalue weighted by Gasteiger charge is 2.19. The fourth-order valence-electron chi connectivity index (χ4n) is 1.99. The molecule has 0 radical (unpaired) electrons. The minimum Gasteiger partial charge on any atom is -0.398 e. The molecule has 2 rings (SSSR count). The summed E-state index contributed by atoms with van der Waals surface area (Å²) in [5.74, 6) is 0. The van der Waals surface area contributed by atoms with E-state index < -0.39 is 10.0 Å². The summed E-state index contributed by atoms with van der Waals surface area (Å²) in [6.45, 7) is 3.83. The second-order valence-electron chi connectivity index (χ2n) is 4.62. The number of nitrogen functional groups attached to an aromatic ring is 1. The third kappa shape index (κ3) is 2.97. The van der Waals surface area contributed by atoms with Gasteiger partial charge >= 0.3 is 0 Å². The molecule has 0 atom stereocenters. The summed E-state index contributed by atoms with van der Waals surface area (Å²) in [5.41, 5.74) is 8.48. The maximum atomic E-state index is 12.4. The quantitative estimate of drug-likeness (QED) is 0.841. The highest BCUT2D eigenvalue weighted by Crippen LogP contribution is 2.22. The van der Waals surface area contributed by atoms with Crippen LogP contribution in [0.25, 0.3) is 0 Å². The summed E-state index contributed by atoms with van der Waals surface area (Å²) in [6, 6.07) is 6.83. The minimum absolute atomic E-state index is 0.145. The molecule has 0 aliphatic rings. The molecule has 0 saturated heterocycles. The number of pyridine rings is 1. The molecule has 3 N–H and O–H groups in total. The van der Waals surface area contributed by atoms with Crippen LogP contribution in [-0.4, -0.2) is 13.4 Å². The Morgan fingerprint density at radius 3 is 2.60 bits per heavy atom. The fraction of sp³-hybridized carbons (Fsp3) is 0.214. The maximum Gasteiger partial charge on any atom is 0.243 e. The van der Waals surface area contributed by atoms with Crippen LogP contribution in [0.15, 0.2) is 41.6 Å². The summed E-state index contributed by atoms with van der Waals surface area (Å²) < 4.78 is 27.3. The van der Waals surface area contributed by atoms with E-state index in [1.165, 1.54) is 0 Å². The number of nitrogens with one attached hydrogen (secondary N) is 1. The molecule has 0 saturated carbocycles. The Labute approximate surface area is 118 Å². The first-order valence-electron chi connectivity index (χ1n) is 6.16. The van der Waals surface area contributed by atoms with Gasteiger partial charge in [0.1, 0.15) is 4.90 Å². The number of benzene rings is 1. The molecule has 2 aromatic rings. The van der Waals surface area contributed by atoms with Crippen molar-refractivity contribution in [3.8, 4) is 0 Å². The predicted octanol–water partition coefficient (Wildman–Crippen LogP) is 1.76. The SMILES string of the molecule is Cc1cnccc1CNS(=O)(=O)c1c(C)cccc1N. The van der Waals surface area contributed by atoms with Gasteiger partial charge in [0, 0.05) is 18.9 Å². The molecule has 20 heavy (non-hydrogen) atoms. The van der Waals surface area contributed by atoms with Crippen LogP contribution in [0, 0.1) is 13.8 Å². The van der Waals surface area contributed by atoms with Gasteiger partial charge in [-0.15, -0.1) is 0 Å². The molecule has 0 aliphatic heterocycles. The third-order valence-corrected chi connectivity index (χ3v) is 4.72. The van der Waals surface area contributed by atoms with E-state index in [4.69, 9.17) is 5.73 Å². The summed E-state index contributed by atoms with van der Waals surface area (Å²) in [7, 11) is -3.63. The van der Waals surface area contributed by atoms with Crippen LogP contribution in [0.4, 0.5) is 5.69 Å². The predicted molar refractivity (Wildman–Crippen MR) is 78.6 cm³/mol. The van der Waals surface area contributed by atoms with Gasteiger partial charge in [0.2, 0.25) is 10.0 Å². The van der Waals surface area contributed by atoms with Crippen molar-refractivity contribution in [2.45, 2.75) is 25.3 Å². The lowest BCUT2D eigenvalue weighted by Gasteiger charge is -2.12. The summed E-state index contributed by atoms with van der Waals surface area (Å²) in [6.07, 6.45) is 3.34. The third-order valence-electron chi connectivity index (χ3n) is 3.10. The number of rotatable bonds is 4. The van der Waals surface area contributed by atoms with Gasteiger partial charge in [0.25, 0.3) is 0 Å². The Balaban J connectivity index is 2.27. The smallest absolute Gasteiger partial charge is 0.243 e. The van der Waals surface area contributed by atoms with Crippen LogP contribution in [0.2, 0.25) is 0 Å². The molecule has 106 valence electrons. The van der Waals surface area contributed by atoms with Gasteiger partial charge in [-0.3, -0.25) is 4.98 Å². The van der Waals surface area contributed by atoms with Crippen LogP contribution in [0.1, 0.15) is 16.7 Å². The topological polar surface area (TPSA) is 85.1 Å². The zero-order valence-electron chi connectivity index (χ0n) is 11.4. The number of nitrogens with two attached hydrogens (primary N) is 1. The number of sulfonamides is 1. The average molecular weight is 291 g/mol. The molecular formula is C14H17N3O2S. The Morgan fingerprint density at radius 1 is 1.20 bits per heavy atom. The molecule has 1 heterocycles. The number of hydrogen-bond acceptors (Lipinski definition) is 4. The fourth-order valence-corrected chi connectivity index (χ4v) is 3.35. The molecular weight excluding hydrogens is 274 g/mol. The van der Waals surface area contributed by atoms with Crippen molar-refractivity contribution in [2.75, 3.05) is 5.73 Å². The van der Waals surface area contributed by atoms with Crippen LogP contribution in [-0.2, 0) is 16.6 Å². The highest BCUT2D eigenvalue weighted by atomic mass is 32.2. The molecule has 0 bridgehead atoms. The van der Waals surface area contributed by atoms with Gasteiger partial charge in [0.05, 0.1) is 5.69 Å². The van der Waals surface area contributed by atoms with E-state index in [1.807, 2.05) is 6.92 Å². The van der Waals surface area contributed by atoms with Crippen LogP contribution >= 0.6 is 0 Å². The monoisotopic (exact) mass is 291 g/mol. The lowest BCUT2D eigenvalue weighted by molar-refractivity contribution is 0.581. The van der Waals surface area contributed by atoms with E-state index in [0.717, 1.165) is 11.1 Å². The van der Waals surface area contributed by atoms with Crippen molar-refractivity contribution in [3.63, 3.8) is 0 Å². The molecule has 0 aliphatic carbocycles. The number of anilines is 1. The van der Waals surface area contributed by atoms with Crippen molar-refractivity contribution in [1.82, 2.24) is 9.71 Å². The molecule has 0 unspecified atom stereocenters. The van der Waals surface area contributed by atoms with Crippen molar-refractivity contribution >= 4 is 15.7 Å². The van der Waals surface area contributed by atoms with Crippen LogP contribution in [0.3, 0.4) is 0 Å². The van der Waals surface area contributed by atoms with Crippen molar-refractivity contribution in [3.05, 3.63) is 53.3 Å². The first kappa shape index (κ1) is 14.5. The first-order valence-corrected chi connectivity index (χ1v) is 7.64. The molecule has 0 amide bonds. The van der Waals surface area contributed by atoms with E-state index in [1.54, 1.807) is 43.6 Å². The summed E-state index contributed by atoms with van der Waals surface area (Å²) in [5, 5.41) is 0. The van der Waals surface area contributed by atoms with Crippen molar-refractivity contribution in [2.24, 2.45) is 0 Å². The number of nitrogens with zero attached hydrogens (tertiary/aromatic N) is 1. The molecule has 5 nitrogen and oxygen atoms in total. The molecule has 6 heteroatoms. The Hall–Kier alpha value is -1.92. The van der Waals surface area contributed by atoms with Gasteiger partial charge in [-0.25, -0.2) is 13.1 Å². The second kappa shape index (κ2) is 5.60. The van der Waals surface area contributed by atoms with Gasteiger partial charge in [-0.1, -0.05) is 12.1 Å². The molecule has 1 aromatic carbocycles. The van der Waals surface area contributed by atoms with Gasteiger partial charge in [-0.05, 0) is 42.7 Å². The van der Waals surface area contributed by atoms with Gasteiger partial charge in [0.15, 0.2) is 0 Å². The Bertz CT molecular complexity index is 707. The minimum atomic E-state index is -3.63. The van der Waals surface area contributed by atoms with Gasteiger partial charge in [-0.2, -0.15) is 0 Å². The van der Waals surface area contributed by atoms with Gasteiger partial charge < -0.3 is 5.73 Å². The van der Waals surface area contributed by atoms with E-state index in [0.29, 0.717) is 5.56 Å². The zero-order chi connectivity index (χ0) is 14.8. The van der Waals surface area contributed by atoms with Crippen molar-refractivity contribution in [1.29, 1.82) is 0 Å². The first-order chi connectivity index (χ1) is 9.42. The molecule has 1 aromatic heterocycles. The summed E-state index contributed by atoms with van der Waals surface area (Å²) in [4.78, 5) is 4.12. The zero-order valence-corrected chi connectivity index (χ0v) is 12.2. The Kier molecular flexibility index (Phi) is 4.06. The van der Waals surface area contributed by atoms with E-state index in [-0.39, 0.29) is 17.1 Å². The van der Waals surface area contributed by atoms with Crippen LogP contribution < -0.4 is 10.5 Å². The van der Waals surface area contributed by atoms with Crippen molar-refractivity contribution < 1.29 is 8.42 Å². The van der Waals surface area contributed by atoms with Crippen LogP contribution in [0.5, 0.6) is 0 Å². The Morgan fingerprint density at radius 2 is 1.95 bits per heavy atom. The number of aryl methyl sites for hydroxylation is 2. The second-order valence-corrected chi connectivity index (χ2v) is 6.32. The largest absolute Gasteiger partial charge is 0.398 e. The molecule has 0 spiro atoms. The number of hydrogen-bond donors (Lipinski definition) is 2. The highest BCUT2D eigenvalue weighted by molar-refractivity contribution is 7.89.